The lowest BCUT2D eigenvalue weighted by Gasteiger charge is -2.31. The first-order valence-corrected chi connectivity index (χ1v) is 8.95. The topological polar surface area (TPSA) is 29.3 Å². The van der Waals surface area contributed by atoms with Gasteiger partial charge in [-0.1, -0.05) is 17.7 Å². The Hall–Kier alpha value is -0.360. The van der Waals surface area contributed by atoms with Gasteiger partial charge in [0.25, 0.3) is 0 Å². The number of rotatable bonds is 5. The Balaban J connectivity index is 2.34. The highest BCUT2D eigenvalue weighted by Crippen LogP contribution is 2.38. The van der Waals surface area contributed by atoms with Crippen molar-refractivity contribution in [3.63, 3.8) is 0 Å². The molecule has 0 bridgehead atoms. The molecule has 5 heteroatoms. The van der Waals surface area contributed by atoms with Crippen molar-refractivity contribution in [3.05, 3.63) is 49.0 Å². The third kappa shape index (κ3) is 3.45. The molecule has 1 heterocycles. The largest absolute Gasteiger partial charge is 0.363 e. The lowest BCUT2D eigenvalue weighted by atomic mass is 10.1. The summed E-state index contributed by atoms with van der Waals surface area (Å²) < 4.78 is 2.21. The second-order valence-corrected chi connectivity index (χ2v) is 7.90. The number of nitrogens with two attached hydrogens (primary N) is 1. The normalized spacial score (nSPS) is 12.4. The Labute approximate surface area is 141 Å². The number of anilines is 1. The summed E-state index contributed by atoms with van der Waals surface area (Å²) in [6.07, 6.45) is 0. The average molecular weight is 418 g/mol. The molecule has 0 amide bonds. The second-order valence-electron chi connectivity index (χ2n) is 4.64. The van der Waals surface area contributed by atoms with Crippen molar-refractivity contribution in [2.24, 2.45) is 5.73 Å². The first-order valence-electron chi connectivity index (χ1n) is 6.55. The monoisotopic (exact) mass is 416 g/mol. The predicted molar refractivity (Wildman–Crippen MR) is 95.7 cm³/mol. The second kappa shape index (κ2) is 7.07. The van der Waals surface area contributed by atoms with Crippen LogP contribution in [0.4, 0.5) is 5.69 Å². The molecule has 0 spiro atoms. The van der Waals surface area contributed by atoms with E-state index >= 15 is 0 Å². The molecule has 1 atom stereocenters. The summed E-state index contributed by atoms with van der Waals surface area (Å²) in [5.74, 6) is 0. The molecule has 1 aromatic carbocycles. The summed E-state index contributed by atoms with van der Waals surface area (Å²) in [4.78, 5) is 3.62. The summed E-state index contributed by atoms with van der Waals surface area (Å²) in [5.41, 5.74) is 8.53. The molecular formula is C15H18Br2N2S. The Morgan fingerprint density at radius 2 is 1.90 bits per heavy atom. The molecule has 0 aliphatic heterocycles. The van der Waals surface area contributed by atoms with Crippen molar-refractivity contribution < 1.29 is 0 Å². The van der Waals surface area contributed by atoms with E-state index in [2.05, 4.69) is 80.9 Å². The van der Waals surface area contributed by atoms with E-state index in [1.54, 1.807) is 11.3 Å². The van der Waals surface area contributed by atoms with Gasteiger partial charge < -0.3 is 10.6 Å². The van der Waals surface area contributed by atoms with Gasteiger partial charge in [0, 0.05) is 28.1 Å². The van der Waals surface area contributed by atoms with Crippen LogP contribution >= 0.6 is 43.2 Å². The van der Waals surface area contributed by atoms with E-state index in [1.807, 2.05) is 0 Å². The molecule has 20 heavy (non-hydrogen) atoms. The first kappa shape index (κ1) is 16.0. The Bertz CT molecular complexity index is 546. The van der Waals surface area contributed by atoms with Gasteiger partial charge in [0.05, 0.1) is 9.83 Å². The maximum atomic E-state index is 6.04. The van der Waals surface area contributed by atoms with Crippen LogP contribution in [0.1, 0.15) is 23.4 Å². The molecule has 0 saturated carbocycles. The van der Waals surface area contributed by atoms with E-state index in [-0.39, 0.29) is 6.04 Å². The molecule has 2 nitrogen and oxygen atoms in total. The van der Waals surface area contributed by atoms with Gasteiger partial charge in [0.2, 0.25) is 0 Å². The number of benzene rings is 1. The van der Waals surface area contributed by atoms with Crippen LogP contribution in [-0.4, -0.2) is 13.1 Å². The van der Waals surface area contributed by atoms with Gasteiger partial charge in [-0.25, -0.2) is 0 Å². The summed E-state index contributed by atoms with van der Waals surface area (Å²) in [6, 6.07) is 11.0. The summed E-state index contributed by atoms with van der Waals surface area (Å²) in [7, 11) is 0. The summed E-state index contributed by atoms with van der Waals surface area (Å²) >= 11 is 8.85. The Morgan fingerprint density at radius 3 is 2.35 bits per heavy atom. The van der Waals surface area contributed by atoms with Gasteiger partial charge in [-0.2, -0.15) is 0 Å². The van der Waals surface area contributed by atoms with Crippen LogP contribution in [0, 0.1) is 6.92 Å². The van der Waals surface area contributed by atoms with Crippen molar-refractivity contribution in [3.8, 4) is 0 Å². The predicted octanol–water partition coefficient (Wildman–Crippen LogP) is 5.11. The summed E-state index contributed by atoms with van der Waals surface area (Å²) in [5, 5.41) is 0. The number of thiophene rings is 1. The fraction of sp³-hybridized carbons (Fsp3) is 0.333. The van der Waals surface area contributed by atoms with Crippen molar-refractivity contribution in [1.29, 1.82) is 0 Å². The maximum Gasteiger partial charge on any atom is 0.0844 e. The van der Waals surface area contributed by atoms with Gasteiger partial charge in [0.1, 0.15) is 0 Å². The van der Waals surface area contributed by atoms with E-state index in [1.165, 1.54) is 16.1 Å². The number of aryl methyl sites for hydroxylation is 1. The lowest BCUT2D eigenvalue weighted by Crippen LogP contribution is -2.33. The molecule has 2 N–H and O–H groups in total. The molecule has 0 radical (unpaired) electrons. The molecule has 2 aromatic rings. The standard InChI is InChI=1S/C15H18Br2N2S/c1-3-19(11-6-4-10(2)5-7-11)13(9-18)14-8-12(16)15(17)20-14/h4-8,13H,3,9,18H2,1-2H3. The van der Waals surface area contributed by atoms with E-state index in [0.29, 0.717) is 6.54 Å². The van der Waals surface area contributed by atoms with E-state index in [4.69, 9.17) is 5.73 Å². The zero-order chi connectivity index (χ0) is 14.7. The highest BCUT2D eigenvalue weighted by atomic mass is 79.9. The molecule has 0 aliphatic rings. The molecule has 108 valence electrons. The third-order valence-corrected chi connectivity index (χ3v) is 6.66. The number of hydrogen-bond acceptors (Lipinski definition) is 3. The van der Waals surface area contributed by atoms with Crippen LogP contribution in [0.3, 0.4) is 0 Å². The van der Waals surface area contributed by atoms with Crippen molar-refractivity contribution >= 4 is 48.9 Å². The van der Waals surface area contributed by atoms with Gasteiger partial charge in [-0.05, 0) is 63.9 Å². The maximum absolute atomic E-state index is 6.04. The van der Waals surface area contributed by atoms with Gasteiger partial charge in [0.15, 0.2) is 0 Å². The van der Waals surface area contributed by atoms with E-state index in [9.17, 15) is 0 Å². The third-order valence-electron chi connectivity index (χ3n) is 3.30. The van der Waals surface area contributed by atoms with Crippen molar-refractivity contribution in [2.45, 2.75) is 19.9 Å². The van der Waals surface area contributed by atoms with Crippen LogP contribution in [0.15, 0.2) is 38.6 Å². The SMILES string of the molecule is CCN(c1ccc(C)cc1)C(CN)c1cc(Br)c(Br)s1. The summed E-state index contributed by atoms with van der Waals surface area (Å²) in [6.45, 7) is 5.80. The molecule has 0 saturated heterocycles. The smallest absolute Gasteiger partial charge is 0.0844 e. The van der Waals surface area contributed by atoms with Crippen LogP contribution in [0.5, 0.6) is 0 Å². The minimum Gasteiger partial charge on any atom is -0.363 e. The zero-order valence-corrected chi connectivity index (χ0v) is 15.6. The highest BCUT2D eigenvalue weighted by Gasteiger charge is 2.21. The number of hydrogen-bond donors (Lipinski definition) is 1. The number of likely N-dealkylation sites (N-methyl/N-ethyl adjacent to an activating group) is 1. The minimum atomic E-state index is 0.204. The zero-order valence-electron chi connectivity index (χ0n) is 11.6. The average Bonchev–Trinajstić information content (AvgIpc) is 2.77. The molecule has 1 unspecified atom stereocenters. The first-order chi connectivity index (χ1) is 9.56. The number of halogens is 2. The fourth-order valence-corrected chi connectivity index (χ4v) is 4.46. The van der Waals surface area contributed by atoms with E-state index < -0.39 is 0 Å². The number of nitrogens with zero attached hydrogens (tertiary/aromatic N) is 1. The van der Waals surface area contributed by atoms with Gasteiger partial charge in [-0.3, -0.25) is 0 Å². The fourth-order valence-electron chi connectivity index (χ4n) is 2.24. The highest BCUT2D eigenvalue weighted by molar-refractivity contribution is 9.13. The van der Waals surface area contributed by atoms with Crippen molar-refractivity contribution in [1.82, 2.24) is 0 Å². The molecule has 0 fully saturated rings. The lowest BCUT2D eigenvalue weighted by molar-refractivity contribution is 0.653. The minimum absolute atomic E-state index is 0.204. The van der Waals surface area contributed by atoms with Gasteiger partial charge in [-0.15, -0.1) is 11.3 Å². The van der Waals surface area contributed by atoms with Crippen molar-refractivity contribution in [2.75, 3.05) is 18.0 Å². The Kier molecular flexibility index (Phi) is 5.66. The molecule has 2 rings (SSSR count). The van der Waals surface area contributed by atoms with Crippen LogP contribution in [0.25, 0.3) is 0 Å². The molecule has 0 aliphatic carbocycles. The van der Waals surface area contributed by atoms with Crippen LogP contribution in [0.2, 0.25) is 0 Å². The van der Waals surface area contributed by atoms with E-state index in [0.717, 1.165) is 14.8 Å². The van der Waals surface area contributed by atoms with Crippen LogP contribution in [-0.2, 0) is 0 Å². The Morgan fingerprint density at radius 1 is 1.25 bits per heavy atom. The van der Waals surface area contributed by atoms with Gasteiger partial charge >= 0.3 is 0 Å². The van der Waals surface area contributed by atoms with Crippen LogP contribution < -0.4 is 10.6 Å². The molecular weight excluding hydrogens is 400 g/mol. The quantitative estimate of drug-likeness (QED) is 0.732. The molecule has 1 aromatic heterocycles.